The Morgan fingerprint density at radius 2 is 2.00 bits per heavy atom. The average molecular weight is 207 g/mol. The quantitative estimate of drug-likeness (QED) is 0.629. The minimum Gasteiger partial charge on any atom is -0.157 e. The number of thioether (sulfide) groups is 1. The van der Waals surface area contributed by atoms with Crippen molar-refractivity contribution in [1.29, 1.82) is 0 Å². The molecule has 0 aromatic carbocycles. The molecule has 0 nitrogen and oxygen atoms in total. The second kappa shape index (κ2) is 6.15. The predicted molar refractivity (Wildman–Crippen MR) is 59.2 cm³/mol. The van der Waals surface area contributed by atoms with Gasteiger partial charge in [-0.05, 0) is 24.5 Å². The molecule has 0 aromatic heterocycles. The van der Waals surface area contributed by atoms with E-state index in [1.807, 2.05) is 0 Å². The first kappa shape index (κ1) is 10.7. The van der Waals surface area contributed by atoms with E-state index < -0.39 is 0 Å². The molecule has 0 amide bonds. The fourth-order valence-corrected chi connectivity index (χ4v) is 2.99. The maximum absolute atomic E-state index is 5.75. The van der Waals surface area contributed by atoms with Crippen LogP contribution in [0.5, 0.6) is 0 Å². The van der Waals surface area contributed by atoms with Gasteiger partial charge >= 0.3 is 0 Å². The summed E-state index contributed by atoms with van der Waals surface area (Å²) >= 11 is 7.80. The van der Waals surface area contributed by atoms with Crippen LogP contribution in [0, 0.1) is 5.92 Å². The molecule has 0 radical (unpaired) electrons. The number of halogens is 1. The zero-order chi connectivity index (χ0) is 8.81. The second-order valence-corrected chi connectivity index (χ2v) is 5.58. The van der Waals surface area contributed by atoms with Gasteiger partial charge in [0.1, 0.15) is 0 Å². The topological polar surface area (TPSA) is 0 Å². The van der Waals surface area contributed by atoms with Crippen LogP contribution in [0.3, 0.4) is 0 Å². The van der Waals surface area contributed by atoms with Crippen LogP contribution >= 0.6 is 23.4 Å². The second-order valence-electron chi connectivity index (χ2n) is 3.80. The summed E-state index contributed by atoms with van der Waals surface area (Å²) < 4.78 is 0. The van der Waals surface area contributed by atoms with Gasteiger partial charge in [-0.1, -0.05) is 26.2 Å². The maximum Gasteiger partial charge on any atom is 0.0339 e. The first-order chi connectivity index (χ1) is 5.83. The molecular weight excluding hydrogens is 188 g/mol. The van der Waals surface area contributed by atoms with Gasteiger partial charge in [-0.3, -0.25) is 0 Å². The van der Waals surface area contributed by atoms with E-state index in [0.717, 1.165) is 11.8 Å². The van der Waals surface area contributed by atoms with Crippen molar-refractivity contribution in [1.82, 2.24) is 0 Å². The Morgan fingerprint density at radius 1 is 1.33 bits per heavy atom. The van der Waals surface area contributed by atoms with Gasteiger partial charge in [0, 0.05) is 11.1 Å². The van der Waals surface area contributed by atoms with Gasteiger partial charge in [0.25, 0.3) is 0 Å². The molecule has 0 aliphatic heterocycles. The van der Waals surface area contributed by atoms with Crippen molar-refractivity contribution in [2.24, 2.45) is 5.92 Å². The van der Waals surface area contributed by atoms with Crippen molar-refractivity contribution < 1.29 is 0 Å². The standard InChI is InChI=1S/C10H19ClS/c1-9(7-11)12-8-10-5-3-2-4-6-10/h9-10H,2-8H2,1H3. The van der Waals surface area contributed by atoms with Crippen LogP contribution < -0.4 is 0 Å². The highest BCUT2D eigenvalue weighted by Crippen LogP contribution is 2.28. The summed E-state index contributed by atoms with van der Waals surface area (Å²) in [4.78, 5) is 0. The Hall–Kier alpha value is 0.640. The van der Waals surface area contributed by atoms with Crippen LogP contribution in [-0.4, -0.2) is 16.9 Å². The largest absolute Gasteiger partial charge is 0.157 e. The van der Waals surface area contributed by atoms with Crippen LogP contribution in [-0.2, 0) is 0 Å². The number of rotatable bonds is 4. The van der Waals surface area contributed by atoms with Gasteiger partial charge < -0.3 is 0 Å². The Labute approximate surface area is 85.4 Å². The minimum atomic E-state index is 0.647. The predicted octanol–water partition coefficient (Wildman–Crippen LogP) is 3.93. The normalized spacial score (nSPS) is 22.5. The average Bonchev–Trinajstić information content (AvgIpc) is 2.16. The van der Waals surface area contributed by atoms with E-state index in [9.17, 15) is 0 Å². The van der Waals surface area contributed by atoms with Crippen molar-refractivity contribution in [2.75, 3.05) is 11.6 Å². The highest BCUT2D eigenvalue weighted by Gasteiger charge is 2.14. The van der Waals surface area contributed by atoms with Gasteiger partial charge in [-0.25, -0.2) is 0 Å². The molecule has 0 spiro atoms. The van der Waals surface area contributed by atoms with Gasteiger partial charge in [-0.15, -0.1) is 11.6 Å². The lowest BCUT2D eigenvalue weighted by atomic mass is 9.91. The monoisotopic (exact) mass is 206 g/mol. The first-order valence-corrected chi connectivity index (χ1v) is 6.59. The van der Waals surface area contributed by atoms with Crippen LogP contribution in [0.15, 0.2) is 0 Å². The lowest BCUT2D eigenvalue weighted by Gasteiger charge is -2.22. The maximum atomic E-state index is 5.75. The van der Waals surface area contributed by atoms with E-state index in [-0.39, 0.29) is 0 Å². The molecule has 72 valence electrons. The highest BCUT2D eigenvalue weighted by molar-refractivity contribution is 7.99. The minimum absolute atomic E-state index is 0.647. The Bertz CT molecular complexity index is 110. The number of hydrogen-bond donors (Lipinski definition) is 0. The van der Waals surface area contributed by atoms with E-state index in [4.69, 9.17) is 11.6 Å². The molecule has 1 aliphatic rings. The third-order valence-corrected chi connectivity index (χ3v) is 4.60. The molecule has 1 unspecified atom stereocenters. The van der Waals surface area contributed by atoms with Gasteiger partial charge in [0.15, 0.2) is 0 Å². The molecule has 0 heterocycles. The van der Waals surface area contributed by atoms with Crippen molar-refractivity contribution in [2.45, 2.75) is 44.3 Å². The fourth-order valence-electron chi connectivity index (χ4n) is 1.70. The molecule has 12 heavy (non-hydrogen) atoms. The molecule has 0 bridgehead atoms. The molecule has 0 saturated heterocycles. The van der Waals surface area contributed by atoms with Crippen LogP contribution in [0.25, 0.3) is 0 Å². The van der Waals surface area contributed by atoms with E-state index in [2.05, 4.69) is 18.7 Å². The Balaban J connectivity index is 2.05. The van der Waals surface area contributed by atoms with Crippen molar-refractivity contribution in [3.05, 3.63) is 0 Å². The van der Waals surface area contributed by atoms with Crippen molar-refractivity contribution in [3.63, 3.8) is 0 Å². The third-order valence-electron chi connectivity index (χ3n) is 2.56. The molecule has 0 N–H and O–H groups in total. The van der Waals surface area contributed by atoms with E-state index >= 15 is 0 Å². The van der Waals surface area contributed by atoms with Gasteiger partial charge in [0.2, 0.25) is 0 Å². The number of alkyl halides is 1. The summed E-state index contributed by atoms with van der Waals surface area (Å²) in [6, 6.07) is 0. The smallest absolute Gasteiger partial charge is 0.0339 e. The lowest BCUT2D eigenvalue weighted by Crippen LogP contribution is -2.11. The zero-order valence-electron chi connectivity index (χ0n) is 7.89. The molecule has 1 rings (SSSR count). The van der Waals surface area contributed by atoms with Crippen LogP contribution in [0.1, 0.15) is 39.0 Å². The molecule has 1 saturated carbocycles. The summed E-state index contributed by atoms with van der Waals surface area (Å²) in [6.45, 7) is 2.22. The summed E-state index contributed by atoms with van der Waals surface area (Å²) in [6.07, 6.45) is 7.30. The van der Waals surface area contributed by atoms with Crippen molar-refractivity contribution in [3.8, 4) is 0 Å². The van der Waals surface area contributed by atoms with Crippen molar-refractivity contribution >= 4 is 23.4 Å². The summed E-state index contributed by atoms with van der Waals surface area (Å²) in [5.74, 6) is 3.14. The first-order valence-electron chi connectivity index (χ1n) is 5.00. The summed E-state index contributed by atoms with van der Waals surface area (Å²) in [5, 5.41) is 0.647. The van der Waals surface area contributed by atoms with E-state index in [1.54, 1.807) is 0 Å². The SMILES string of the molecule is CC(CCl)SCC1CCCCC1. The molecule has 1 atom stereocenters. The van der Waals surface area contributed by atoms with Gasteiger partial charge in [-0.2, -0.15) is 11.8 Å². The molecular formula is C10H19ClS. The van der Waals surface area contributed by atoms with E-state index in [1.165, 1.54) is 37.9 Å². The Kier molecular flexibility index (Phi) is 5.49. The number of hydrogen-bond acceptors (Lipinski definition) is 1. The fraction of sp³-hybridized carbons (Fsp3) is 1.00. The molecule has 2 heteroatoms. The third kappa shape index (κ3) is 4.04. The van der Waals surface area contributed by atoms with Crippen LogP contribution in [0.2, 0.25) is 0 Å². The van der Waals surface area contributed by atoms with Crippen LogP contribution in [0.4, 0.5) is 0 Å². The highest BCUT2D eigenvalue weighted by atomic mass is 35.5. The summed E-state index contributed by atoms with van der Waals surface area (Å²) in [7, 11) is 0. The molecule has 0 aromatic rings. The zero-order valence-corrected chi connectivity index (χ0v) is 9.46. The van der Waals surface area contributed by atoms with E-state index in [0.29, 0.717) is 5.25 Å². The molecule has 1 fully saturated rings. The molecule has 1 aliphatic carbocycles. The summed E-state index contributed by atoms with van der Waals surface area (Å²) in [5.41, 5.74) is 0. The lowest BCUT2D eigenvalue weighted by molar-refractivity contribution is 0.391. The van der Waals surface area contributed by atoms with Gasteiger partial charge in [0.05, 0.1) is 0 Å². The Morgan fingerprint density at radius 3 is 2.58 bits per heavy atom.